The van der Waals surface area contributed by atoms with Crippen molar-refractivity contribution in [2.24, 2.45) is 5.92 Å². The van der Waals surface area contributed by atoms with E-state index in [-0.39, 0.29) is 5.69 Å². The lowest BCUT2D eigenvalue weighted by molar-refractivity contribution is 0.0686. The molecule has 1 N–H and O–H groups in total. The second kappa shape index (κ2) is 7.21. The van der Waals surface area contributed by atoms with Gasteiger partial charge in [-0.25, -0.2) is 9.48 Å². The molecule has 0 saturated heterocycles. The highest BCUT2D eigenvalue weighted by atomic mass is 16.4. The SMILES string of the molecule is CCN(CC)c1ccc(-n2nc(CC(C)C)cc2C(=O)O)nn1. The topological polar surface area (TPSA) is 84.1 Å². The number of carboxylic acid groups (broad SMARTS) is 1. The molecular formula is C16H23N5O2. The number of aromatic carboxylic acids is 1. The maximum Gasteiger partial charge on any atom is 0.354 e. The van der Waals surface area contributed by atoms with Crippen LogP contribution in [0.15, 0.2) is 18.2 Å². The molecule has 2 heterocycles. The number of anilines is 1. The van der Waals surface area contributed by atoms with Crippen LogP contribution in [-0.2, 0) is 6.42 Å². The lowest BCUT2D eigenvalue weighted by Crippen LogP contribution is -2.23. The van der Waals surface area contributed by atoms with Crippen LogP contribution in [0.2, 0.25) is 0 Å². The van der Waals surface area contributed by atoms with E-state index in [1.54, 1.807) is 12.1 Å². The van der Waals surface area contributed by atoms with Crippen LogP contribution < -0.4 is 4.90 Å². The predicted octanol–water partition coefficient (Wildman–Crippen LogP) is 2.41. The van der Waals surface area contributed by atoms with Gasteiger partial charge in [-0.05, 0) is 44.4 Å². The minimum Gasteiger partial charge on any atom is -0.477 e. The Morgan fingerprint density at radius 2 is 1.96 bits per heavy atom. The van der Waals surface area contributed by atoms with Gasteiger partial charge in [0.15, 0.2) is 17.3 Å². The number of hydrogen-bond acceptors (Lipinski definition) is 5. The maximum absolute atomic E-state index is 11.4. The zero-order chi connectivity index (χ0) is 17.0. The number of nitrogens with zero attached hydrogens (tertiary/aromatic N) is 5. The predicted molar refractivity (Wildman–Crippen MR) is 88.2 cm³/mol. The van der Waals surface area contributed by atoms with Crippen LogP contribution in [0.4, 0.5) is 5.82 Å². The van der Waals surface area contributed by atoms with Gasteiger partial charge in [-0.2, -0.15) is 5.10 Å². The molecule has 7 nitrogen and oxygen atoms in total. The van der Waals surface area contributed by atoms with Crippen LogP contribution in [-0.4, -0.2) is 44.1 Å². The largest absolute Gasteiger partial charge is 0.477 e. The molecule has 0 bridgehead atoms. The summed E-state index contributed by atoms with van der Waals surface area (Å²) in [6, 6.07) is 5.19. The number of aromatic nitrogens is 4. The minimum atomic E-state index is -1.03. The van der Waals surface area contributed by atoms with E-state index in [0.29, 0.717) is 11.7 Å². The van der Waals surface area contributed by atoms with Crippen molar-refractivity contribution in [2.75, 3.05) is 18.0 Å². The third-order valence-corrected chi connectivity index (χ3v) is 3.54. The molecule has 124 valence electrons. The average molecular weight is 317 g/mol. The van der Waals surface area contributed by atoms with Gasteiger partial charge in [0.05, 0.1) is 5.69 Å². The van der Waals surface area contributed by atoms with Crippen molar-refractivity contribution in [3.05, 3.63) is 29.6 Å². The molecule has 0 aliphatic heterocycles. The van der Waals surface area contributed by atoms with E-state index in [0.717, 1.165) is 31.0 Å². The molecule has 0 atom stereocenters. The molecule has 2 rings (SSSR count). The molecule has 2 aromatic rings. The number of carboxylic acids is 1. The summed E-state index contributed by atoms with van der Waals surface area (Å²) in [7, 11) is 0. The first-order chi connectivity index (χ1) is 11.0. The normalized spacial score (nSPS) is 11.0. The van der Waals surface area contributed by atoms with Crippen molar-refractivity contribution in [2.45, 2.75) is 34.1 Å². The van der Waals surface area contributed by atoms with E-state index in [1.807, 2.05) is 19.9 Å². The Morgan fingerprint density at radius 1 is 1.26 bits per heavy atom. The van der Waals surface area contributed by atoms with E-state index in [9.17, 15) is 9.90 Å². The van der Waals surface area contributed by atoms with E-state index >= 15 is 0 Å². The summed E-state index contributed by atoms with van der Waals surface area (Å²) in [5.74, 6) is 0.553. The molecular weight excluding hydrogens is 294 g/mol. The summed E-state index contributed by atoms with van der Waals surface area (Å²) in [6.45, 7) is 9.91. The van der Waals surface area contributed by atoms with Crippen molar-refractivity contribution in [1.29, 1.82) is 0 Å². The van der Waals surface area contributed by atoms with E-state index in [4.69, 9.17) is 0 Å². The number of rotatable bonds is 7. The molecule has 7 heteroatoms. The minimum absolute atomic E-state index is 0.102. The first kappa shape index (κ1) is 16.9. The van der Waals surface area contributed by atoms with Crippen LogP contribution in [0.5, 0.6) is 0 Å². The Morgan fingerprint density at radius 3 is 2.43 bits per heavy atom. The van der Waals surface area contributed by atoms with Crippen molar-refractivity contribution in [3.8, 4) is 5.82 Å². The quantitative estimate of drug-likeness (QED) is 0.844. The molecule has 0 saturated carbocycles. The monoisotopic (exact) mass is 317 g/mol. The van der Waals surface area contributed by atoms with Gasteiger partial charge in [0, 0.05) is 13.1 Å². The first-order valence-corrected chi connectivity index (χ1v) is 7.87. The van der Waals surface area contributed by atoms with Crippen molar-refractivity contribution < 1.29 is 9.90 Å². The van der Waals surface area contributed by atoms with Crippen LogP contribution in [0.3, 0.4) is 0 Å². The van der Waals surface area contributed by atoms with Crippen molar-refractivity contribution in [3.63, 3.8) is 0 Å². The molecule has 0 radical (unpaired) electrons. The summed E-state index contributed by atoms with van der Waals surface area (Å²) in [4.78, 5) is 13.5. The van der Waals surface area contributed by atoms with Gasteiger partial charge in [0.1, 0.15) is 0 Å². The molecule has 2 aromatic heterocycles. The van der Waals surface area contributed by atoms with Crippen molar-refractivity contribution in [1.82, 2.24) is 20.0 Å². The lowest BCUT2D eigenvalue weighted by Gasteiger charge is -2.18. The van der Waals surface area contributed by atoms with E-state index in [1.165, 1.54) is 4.68 Å². The molecule has 0 fully saturated rings. The molecule has 0 amide bonds. The summed E-state index contributed by atoms with van der Waals surface area (Å²) in [5.41, 5.74) is 0.845. The fourth-order valence-electron chi connectivity index (χ4n) is 2.42. The van der Waals surface area contributed by atoms with Crippen molar-refractivity contribution >= 4 is 11.8 Å². The third-order valence-electron chi connectivity index (χ3n) is 3.54. The highest BCUT2D eigenvalue weighted by molar-refractivity contribution is 5.86. The molecule has 0 spiro atoms. The third kappa shape index (κ3) is 3.85. The highest BCUT2D eigenvalue weighted by Gasteiger charge is 2.17. The van der Waals surface area contributed by atoms with Crippen LogP contribution in [0.1, 0.15) is 43.9 Å². The Bertz CT molecular complexity index is 660. The molecule has 23 heavy (non-hydrogen) atoms. The van der Waals surface area contributed by atoms with Gasteiger partial charge in [0.2, 0.25) is 0 Å². The van der Waals surface area contributed by atoms with Gasteiger partial charge >= 0.3 is 5.97 Å². The number of carbonyl (C=O) groups is 1. The van der Waals surface area contributed by atoms with Gasteiger partial charge in [-0.3, -0.25) is 0 Å². The second-order valence-corrected chi connectivity index (χ2v) is 5.76. The van der Waals surface area contributed by atoms with Gasteiger partial charge in [0.25, 0.3) is 0 Å². The Kier molecular flexibility index (Phi) is 5.31. The number of hydrogen-bond donors (Lipinski definition) is 1. The van der Waals surface area contributed by atoms with Crippen LogP contribution in [0.25, 0.3) is 5.82 Å². The summed E-state index contributed by atoms with van der Waals surface area (Å²) >= 11 is 0. The second-order valence-electron chi connectivity index (χ2n) is 5.76. The van der Waals surface area contributed by atoms with E-state index < -0.39 is 5.97 Å². The summed E-state index contributed by atoms with van der Waals surface area (Å²) in [5, 5.41) is 22.1. The Hall–Kier alpha value is -2.44. The van der Waals surface area contributed by atoms with Crippen LogP contribution in [0, 0.1) is 5.92 Å². The zero-order valence-electron chi connectivity index (χ0n) is 14.0. The molecule has 0 unspecified atom stereocenters. The lowest BCUT2D eigenvalue weighted by atomic mass is 10.1. The fraction of sp³-hybridized carbons (Fsp3) is 0.500. The van der Waals surface area contributed by atoms with Gasteiger partial charge in [-0.1, -0.05) is 13.8 Å². The molecule has 0 aliphatic rings. The average Bonchev–Trinajstić information content (AvgIpc) is 2.92. The zero-order valence-corrected chi connectivity index (χ0v) is 14.0. The van der Waals surface area contributed by atoms with Gasteiger partial charge < -0.3 is 10.0 Å². The van der Waals surface area contributed by atoms with Gasteiger partial charge in [-0.15, -0.1) is 10.2 Å². The fourth-order valence-corrected chi connectivity index (χ4v) is 2.42. The summed E-state index contributed by atoms with van der Waals surface area (Å²) in [6.07, 6.45) is 0.720. The highest BCUT2D eigenvalue weighted by Crippen LogP contribution is 2.16. The standard InChI is InChI=1S/C16H23N5O2/c1-5-20(6-2)14-7-8-15(18-17-14)21-13(16(22)23)10-12(19-21)9-11(3)4/h7-8,10-11H,5-6,9H2,1-4H3,(H,22,23). The Balaban J connectivity index is 2.37. The smallest absolute Gasteiger partial charge is 0.354 e. The molecule has 0 aromatic carbocycles. The maximum atomic E-state index is 11.4. The van der Waals surface area contributed by atoms with E-state index in [2.05, 4.69) is 34.0 Å². The molecule has 0 aliphatic carbocycles. The summed E-state index contributed by atoms with van der Waals surface area (Å²) < 4.78 is 1.35. The first-order valence-electron chi connectivity index (χ1n) is 7.87. The van der Waals surface area contributed by atoms with Crippen LogP contribution >= 0.6 is 0 Å². The Labute approximate surface area is 136 Å².